The predicted octanol–water partition coefficient (Wildman–Crippen LogP) is 3.47. The predicted molar refractivity (Wildman–Crippen MR) is 69.8 cm³/mol. The number of rotatable bonds is 7. The maximum Gasteiger partial charge on any atom is 0.134 e. The van der Waals surface area contributed by atoms with Gasteiger partial charge in [0.25, 0.3) is 0 Å². The third kappa shape index (κ3) is 4.18. The van der Waals surface area contributed by atoms with E-state index in [4.69, 9.17) is 0 Å². The Morgan fingerprint density at radius 1 is 1.19 bits per heavy atom. The molecule has 0 aromatic carbocycles. The van der Waals surface area contributed by atoms with Gasteiger partial charge in [0.15, 0.2) is 0 Å². The minimum atomic E-state index is 0.328. The van der Waals surface area contributed by atoms with Crippen molar-refractivity contribution in [2.45, 2.75) is 65.5 Å². The van der Waals surface area contributed by atoms with Gasteiger partial charge in [-0.1, -0.05) is 26.7 Å². The van der Waals surface area contributed by atoms with Crippen LogP contribution in [-0.2, 0) is 0 Å². The van der Waals surface area contributed by atoms with Gasteiger partial charge in [-0.25, -0.2) is 0 Å². The standard InChI is InChI=1S/C12H23N3S/c1-5-7-11(8-6-2)13-9(3)12-15-14-10(4)16-12/h9,11,13H,5-8H2,1-4H3. The normalized spacial score (nSPS) is 13.3. The molecule has 16 heavy (non-hydrogen) atoms. The Balaban J connectivity index is 2.50. The van der Waals surface area contributed by atoms with Crippen LogP contribution >= 0.6 is 11.3 Å². The first-order chi connectivity index (χ1) is 7.67. The summed E-state index contributed by atoms with van der Waals surface area (Å²) < 4.78 is 0. The molecule has 0 saturated carbocycles. The van der Waals surface area contributed by atoms with Gasteiger partial charge in [-0.05, 0) is 26.7 Å². The molecule has 1 unspecified atom stereocenters. The monoisotopic (exact) mass is 241 g/mol. The number of aromatic nitrogens is 2. The van der Waals surface area contributed by atoms with Crippen LogP contribution in [0.15, 0.2) is 0 Å². The molecule has 4 heteroatoms. The first-order valence-electron chi connectivity index (χ1n) is 6.23. The summed E-state index contributed by atoms with van der Waals surface area (Å²) in [5, 5.41) is 14.1. The summed E-state index contributed by atoms with van der Waals surface area (Å²) in [6.07, 6.45) is 4.96. The van der Waals surface area contributed by atoms with Crippen LogP contribution in [0.1, 0.15) is 62.5 Å². The van der Waals surface area contributed by atoms with Crippen LogP contribution in [0, 0.1) is 6.92 Å². The Kier molecular flexibility index (Phi) is 5.91. The van der Waals surface area contributed by atoms with Crippen molar-refractivity contribution in [1.82, 2.24) is 15.5 Å². The highest BCUT2D eigenvalue weighted by atomic mass is 32.1. The Hall–Kier alpha value is -0.480. The molecule has 0 aliphatic rings. The second kappa shape index (κ2) is 6.97. The average molecular weight is 241 g/mol. The summed E-state index contributed by atoms with van der Waals surface area (Å²) >= 11 is 1.69. The van der Waals surface area contributed by atoms with Gasteiger partial charge in [0.1, 0.15) is 10.0 Å². The minimum absolute atomic E-state index is 0.328. The van der Waals surface area contributed by atoms with Gasteiger partial charge < -0.3 is 5.32 Å². The van der Waals surface area contributed by atoms with Gasteiger partial charge in [-0.2, -0.15) is 0 Å². The molecule has 1 atom stereocenters. The second-order valence-corrected chi connectivity index (χ2v) is 5.54. The molecule has 0 saturated heterocycles. The Morgan fingerprint density at radius 2 is 1.81 bits per heavy atom. The Morgan fingerprint density at radius 3 is 2.25 bits per heavy atom. The van der Waals surface area contributed by atoms with Crippen molar-refractivity contribution >= 4 is 11.3 Å². The highest BCUT2D eigenvalue weighted by Crippen LogP contribution is 2.19. The van der Waals surface area contributed by atoms with Gasteiger partial charge in [-0.15, -0.1) is 21.5 Å². The topological polar surface area (TPSA) is 37.8 Å². The van der Waals surface area contributed by atoms with Crippen molar-refractivity contribution < 1.29 is 0 Å². The molecule has 1 aromatic rings. The third-order valence-corrected chi connectivity index (χ3v) is 3.69. The van der Waals surface area contributed by atoms with Gasteiger partial charge >= 0.3 is 0 Å². The van der Waals surface area contributed by atoms with E-state index < -0.39 is 0 Å². The summed E-state index contributed by atoms with van der Waals surface area (Å²) in [6, 6.07) is 0.948. The smallest absolute Gasteiger partial charge is 0.134 e. The van der Waals surface area contributed by atoms with Crippen LogP contribution in [0.2, 0.25) is 0 Å². The first-order valence-corrected chi connectivity index (χ1v) is 7.05. The van der Waals surface area contributed by atoms with Crippen LogP contribution in [-0.4, -0.2) is 16.2 Å². The second-order valence-electron chi connectivity index (χ2n) is 4.32. The summed E-state index contributed by atoms with van der Waals surface area (Å²) in [6.45, 7) is 8.66. The number of nitrogens with one attached hydrogen (secondary N) is 1. The number of nitrogens with zero attached hydrogens (tertiary/aromatic N) is 2. The van der Waals surface area contributed by atoms with Crippen LogP contribution in [0.3, 0.4) is 0 Å². The maximum absolute atomic E-state index is 4.20. The molecule has 0 radical (unpaired) electrons. The molecule has 0 bridgehead atoms. The van der Waals surface area contributed by atoms with Crippen LogP contribution in [0.4, 0.5) is 0 Å². The van der Waals surface area contributed by atoms with E-state index in [2.05, 4.69) is 36.3 Å². The molecule has 0 amide bonds. The fourth-order valence-corrected chi connectivity index (χ4v) is 2.63. The molecular formula is C12H23N3S. The van der Waals surface area contributed by atoms with Gasteiger partial charge in [0, 0.05) is 6.04 Å². The van der Waals surface area contributed by atoms with Gasteiger partial charge in [0.05, 0.1) is 6.04 Å². The van der Waals surface area contributed by atoms with Crippen molar-refractivity contribution in [3.63, 3.8) is 0 Å². The summed E-state index contributed by atoms with van der Waals surface area (Å²) in [5.41, 5.74) is 0. The van der Waals surface area contributed by atoms with Crippen molar-refractivity contribution in [3.05, 3.63) is 10.0 Å². The molecular weight excluding hydrogens is 218 g/mol. The van der Waals surface area contributed by atoms with E-state index in [0.29, 0.717) is 12.1 Å². The van der Waals surface area contributed by atoms with E-state index in [1.165, 1.54) is 25.7 Å². The highest BCUT2D eigenvalue weighted by Gasteiger charge is 2.14. The molecule has 0 fully saturated rings. The molecule has 1 heterocycles. The number of hydrogen-bond acceptors (Lipinski definition) is 4. The molecule has 1 rings (SSSR count). The zero-order valence-electron chi connectivity index (χ0n) is 10.8. The quantitative estimate of drug-likeness (QED) is 0.794. The lowest BCUT2D eigenvalue weighted by molar-refractivity contribution is 0.401. The fraction of sp³-hybridized carbons (Fsp3) is 0.833. The average Bonchev–Trinajstić information content (AvgIpc) is 2.65. The minimum Gasteiger partial charge on any atom is -0.305 e. The molecule has 3 nitrogen and oxygen atoms in total. The van der Waals surface area contributed by atoms with Crippen molar-refractivity contribution in [2.75, 3.05) is 0 Å². The highest BCUT2D eigenvalue weighted by molar-refractivity contribution is 7.11. The number of hydrogen-bond donors (Lipinski definition) is 1. The van der Waals surface area contributed by atoms with Crippen LogP contribution < -0.4 is 5.32 Å². The van der Waals surface area contributed by atoms with E-state index in [-0.39, 0.29) is 0 Å². The summed E-state index contributed by atoms with van der Waals surface area (Å²) in [7, 11) is 0. The first kappa shape index (κ1) is 13.6. The number of aryl methyl sites for hydroxylation is 1. The van der Waals surface area contributed by atoms with E-state index in [1.54, 1.807) is 11.3 Å². The van der Waals surface area contributed by atoms with E-state index in [1.807, 2.05) is 6.92 Å². The van der Waals surface area contributed by atoms with E-state index in [0.717, 1.165) is 10.0 Å². The van der Waals surface area contributed by atoms with E-state index in [9.17, 15) is 0 Å². The third-order valence-electron chi connectivity index (χ3n) is 2.67. The molecule has 1 N–H and O–H groups in total. The van der Waals surface area contributed by atoms with Crippen molar-refractivity contribution in [3.8, 4) is 0 Å². The van der Waals surface area contributed by atoms with Crippen molar-refractivity contribution in [2.24, 2.45) is 0 Å². The molecule has 0 aliphatic carbocycles. The van der Waals surface area contributed by atoms with Gasteiger partial charge in [0.2, 0.25) is 0 Å². The molecule has 0 spiro atoms. The SMILES string of the molecule is CCCC(CCC)NC(C)c1nnc(C)s1. The summed E-state index contributed by atoms with van der Waals surface area (Å²) in [5.74, 6) is 0. The molecule has 92 valence electrons. The largest absolute Gasteiger partial charge is 0.305 e. The molecule has 0 aliphatic heterocycles. The maximum atomic E-state index is 4.20. The van der Waals surface area contributed by atoms with Crippen LogP contribution in [0.5, 0.6) is 0 Å². The fourth-order valence-electron chi connectivity index (χ4n) is 1.92. The van der Waals surface area contributed by atoms with Crippen molar-refractivity contribution in [1.29, 1.82) is 0 Å². The summed E-state index contributed by atoms with van der Waals surface area (Å²) in [4.78, 5) is 0. The van der Waals surface area contributed by atoms with Crippen LogP contribution in [0.25, 0.3) is 0 Å². The lowest BCUT2D eigenvalue weighted by atomic mass is 10.1. The zero-order valence-corrected chi connectivity index (χ0v) is 11.6. The Bertz CT molecular complexity index is 292. The lowest BCUT2D eigenvalue weighted by Gasteiger charge is -2.21. The van der Waals surface area contributed by atoms with Gasteiger partial charge in [-0.3, -0.25) is 0 Å². The Labute approximate surface area is 103 Å². The molecule has 1 aromatic heterocycles. The zero-order chi connectivity index (χ0) is 12.0. The lowest BCUT2D eigenvalue weighted by Crippen LogP contribution is -2.31. The van der Waals surface area contributed by atoms with E-state index >= 15 is 0 Å².